The molecule has 0 saturated heterocycles. The van der Waals surface area contributed by atoms with Crippen molar-refractivity contribution in [3.05, 3.63) is 58.5 Å². The normalized spacial score (nSPS) is 13.3. The van der Waals surface area contributed by atoms with Gasteiger partial charge in [0.25, 0.3) is 5.91 Å². The Bertz CT molecular complexity index is 1070. The lowest BCUT2D eigenvalue weighted by molar-refractivity contribution is 0.0601. The van der Waals surface area contributed by atoms with Crippen LogP contribution >= 0.6 is 11.3 Å². The fourth-order valence-corrected chi connectivity index (χ4v) is 5.63. The van der Waals surface area contributed by atoms with E-state index >= 15 is 0 Å². The molecule has 160 valence electrons. The number of nitrogens with zero attached hydrogens (tertiary/aromatic N) is 1. The van der Waals surface area contributed by atoms with E-state index in [1.165, 1.54) is 28.8 Å². The highest BCUT2D eigenvalue weighted by Gasteiger charge is 2.27. The average Bonchev–Trinajstić information content (AvgIpc) is 3.08. The van der Waals surface area contributed by atoms with Gasteiger partial charge in [0.1, 0.15) is 5.00 Å². The molecule has 0 atom stereocenters. The maximum absolute atomic E-state index is 12.8. The standard InChI is InChI=1S/C21H24N2O5S2/c1-4-13-23(30(3,26)27)15-11-9-14(10-12-15)19(24)22-20-18(21(25)28-2)16-7-5-6-8-17(16)29-20/h4,9-12H,1,5-8,13H2,2-3H3,(H,22,24). The van der Waals surface area contributed by atoms with Crippen molar-refractivity contribution >= 4 is 43.9 Å². The molecule has 0 bridgehead atoms. The number of sulfonamides is 1. The molecule has 1 aromatic heterocycles. The van der Waals surface area contributed by atoms with Crippen LogP contribution in [0.15, 0.2) is 36.9 Å². The number of thiophene rings is 1. The third-order valence-electron chi connectivity index (χ3n) is 4.90. The van der Waals surface area contributed by atoms with Crippen molar-refractivity contribution in [2.75, 3.05) is 29.5 Å². The van der Waals surface area contributed by atoms with Gasteiger partial charge in [0.15, 0.2) is 0 Å². The van der Waals surface area contributed by atoms with Gasteiger partial charge < -0.3 is 10.1 Å². The topological polar surface area (TPSA) is 92.8 Å². The van der Waals surface area contributed by atoms with E-state index in [1.54, 1.807) is 24.3 Å². The van der Waals surface area contributed by atoms with Crippen LogP contribution in [0.2, 0.25) is 0 Å². The van der Waals surface area contributed by atoms with Gasteiger partial charge in [0, 0.05) is 10.4 Å². The molecule has 30 heavy (non-hydrogen) atoms. The summed E-state index contributed by atoms with van der Waals surface area (Å²) in [6.07, 6.45) is 6.36. The van der Waals surface area contributed by atoms with Crippen molar-refractivity contribution in [1.29, 1.82) is 0 Å². The number of rotatable bonds is 7. The second-order valence-corrected chi connectivity index (χ2v) is 10.0. The number of carbonyl (C=O) groups excluding carboxylic acids is 2. The molecule has 2 aromatic rings. The van der Waals surface area contributed by atoms with Crippen molar-refractivity contribution in [2.24, 2.45) is 0 Å². The number of carbonyl (C=O) groups is 2. The van der Waals surface area contributed by atoms with E-state index in [0.717, 1.165) is 42.4 Å². The molecular weight excluding hydrogens is 424 g/mol. The van der Waals surface area contributed by atoms with Gasteiger partial charge in [-0.2, -0.15) is 0 Å². The van der Waals surface area contributed by atoms with Gasteiger partial charge in [0.05, 0.1) is 31.2 Å². The maximum atomic E-state index is 12.8. The highest BCUT2D eigenvalue weighted by molar-refractivity contribution is 7.92. The van der Waals surface area contributed by atoms with Gasteiger partial charge >= 0.3 is 5.97 Å². The Labute approximate surface area is 180 Å². The quantitative estimate of drug-likeness (QED) is 0.516. The summed E-state index contributed by atoms with van der Waals surface area (Å²) in [5.41, 5.74) is 2.21. The Morgan fingerprint density at radius 1 is 1.23 bits per heavy atom. The SMILES string of the molecule is C=CCN(c1ccc(C(=O)Nc2sc3c(c2C(=O)OC)CCCC3)cc1)S(C)(=O)=O. The third-order valence-corrected chi connectivity index (χ3v) is 7.27. The highest BCUT2D eigenvalue weighted by atomic mass is 32.2. The number of ether oxygens (including phenoxy) is 1. The Hall–Kier alpha value is -2.65. The van der Waals surface area contributed by atoms with E-state index < -0.39 is 16.0 Å². The Balaban J connectivity index is 1.86. The molecule has 3 rings (SSSR count). The van der Waals surface area contributed by atoms with Gasteiger partial charge in [-0.3, -0.25) is 9.10 Å². The first-order valence-corrected chi connectivity index (χ1v) is 12.2. The number of fused-ring (bicyclic) bond motifs is 1. The molecule has 0 aliphatic heterocycles. The zero-order chi connectivity index (χ0) is 21.9. The number of esters is 1. The molecule has 0 saturated carbocycles. The summed E-state index contributed by atoms with van der Waals surface area (Å²) in [5.74, 6) is -0.826. The zero-order valence-electron chi connectivity index (χ0n) is 16.9. The van der Waals surface area contributed by atoms with Crippen LogP contribution in [0.25, 0.3) is 0 Å². The van der Waals surface area contributed by atoms with Gasteiger partial charge in [-0.1, -0.05) is 6.08 Å². The minimum Gasteiger partial charge on any atom is -0.465 e. The van der Waals surface area contributed by atoms with Crippen molar-refractivity contribution < 1.29 is 22.7 Å². The number of aryl methyl sites for hydroxylation is 1. The van der Waals surface area contributed by atoms with Crippen molar-refractivity contribution in [1.82, 2.24) is 0 Å². The fraction of sp³-hybridized carbons (Fsp3) is 0.333. The molecule has 9 heteroatoms. The molecule has 1 aliphatic carbocycles. The van der Waals surface area contributed by atoms with E-state index in [-0.39, 0.29) is 12.5 Å². The Morgan fingerprint density at radius 3 is 2.50 bits per heavy atom. The molecule has 1 aliphatic rings. The zero-order valence-corrected chi connectivity index (χ0v) is 18.6. The number of hydrogen-bond acceptors (Lipinski definition) is 6. The first-order chi connectivity index (χ1) is 14.3. The highest BCUT2D eigenvalue weighted by Crippen LogP contribution is 2.38. The van der Waals surface area contributed by atoms with Crippen LogP contribution in [0.3, 0.4) is 0 Å². The average molecular weight is 449 g/mol. The summed E-state index contributed by atoms with van der Waals surface area (Å²) in [4.78, 5) is 26.2. The second kappa shape index (κ2) is 9.01. The first-order valence-electron chi connectivity index (χ1n) is 9.49. The molecule has 1 N–H and O–H groups in total. The maximum Gasteiger partial charge on any atom is 0.341 e. The van der Waals surface area contributed by atoms with Crippen LogP contribution in [-0.4, -0.2) is 40.2 Å². The Kier molecular flexibility index (Phi) is 6.62. The third kappa shape index (κ3) is 4.57. The van der Waals surface area contributed by atoms with E-state index in [0.29, 0.717) is 21.8 Å². The predicted octanol–water partition coefficient (Wildman–Crippen LogP) is 3.62. The smallest absolute Gasteiger partial charge is 0.341 e. The van der Waals surface area contributed by atoms with Gasteiger partial charge in [-0.05, 0) is 55.5 Å². The molecule has 0 spiro atoms. The monoisotopic (exact) mass is 448 g/mol. The molecule has 0 unspecified atom stereocenters. The minimum absolute atomic E-state index is 0.133. The Morgan fingerprint density at radius 2 is 1.90 bits per heavy atom. The number of anilines is 2. The molecular formula is C21H24N2O5S2. The van der Waals surface area contributed by atoms with E-state index in [1.807, 2.05) is 0 Å². The van der Waals surface area contributed by atoms with Gasteiger partial charge in [0.2, 0.25) is 10.0 Å². The molecule has 1 heterocycles. The van der Waals surface area contributed by atoms with Crippen LogP contribution in [0.4, 0.5) is 10.7 Å². The van der Waals surface area contributed by atoms with Gasteiger partial charge in [-0.15, -0.1) is 17.9 Å². The molecule has 0 fully saturated rings. The van der Waals surface area contributed by atoms with Crippen LogP contribution in [0.5, 0.6) is 0 Å². The predicted molar refractivity (Wildman–Crippen MR) is 119 cm³/mol. The second-order valence-electron chi connectivity index (χ2n) is 6.99. The van der Waals surface area contributed by atoms with Crippen LogP contribution < -0.4 is 9.62 Å². The van der Waals surface area contributed by atoms with Crippen LogP contribution in [0, 0.1) is 0 Å². The lowest BCUT2D eigenvalue weighted by Gasteiger charge is -2.20. The van der Waals surface area contributed by atoms with Crippen LogP contribution in [-0.2, 0) is 27.6 Å². The summed E-state index contributed by atoms with van der Waals surface area (Å²) in [7, 11) is -2.14. The molecule has 0 radical (unpaired) electrons. The van der Waals surface area contributed by atoms with Crippen LogP contribution in [0.1, 0.15) is 44.0 Å². The fourth-order valence-electron chi connectivity index (χ4n) is 3.48. The van der Waals surface area contributed by atoms with Gasteiger partial charge in [-0.25, -0.2) is 13.2 Å². The lowest BCUT2D eigenvalue weighted by atomic mass is 9.95. The van der Waals surface area contributed by atoms with E-state index in [4.69, 9.17) is 4.74 Å². The summed E-state index contributed by atoms with van der Waals surface area (Å²) in [6, 6.07) is 6.24. The largest absolute Gasteiger partial charge is 0.465 e. The number of benzene rings is 1. The van der Waals surface area contributed by atoms with Crippen molar-refractivity contribution in [2.45, 2.75) is 25.7 Å². The van der Waals surface area contributed by atoms with Crippen molar-refractivity contribution in [3.63, 3.8) is 0 Å². The number of hydrogen-bond donors (Lipinski definition) is 1. The summed E-state index contributed by atoms with van der Waals surface area (Å²) in [5, 5.41) is 3.33. The summed E-state index contributed by atoms with van der Waals surface area (Å²) in [6.45, 7) is 3.71. The van der Waals surface area contributed by atoms with E-state index in [9.17, 15) is 18.0 Å². The number of methoxy groups -OCH3 is 1. The lowest BCUT2D eigenvalue weighted by Crippen LogP contribution is -2.29. The van der Waals surface area contributed by atoms with E-state index in [2.05, 4.69) is 11.9 Å². The number of nitrogens with one attached hydrogen (secondary N) is 1. The summed E-state index contributed by atoms with van der Waals surface area (Å²) < 4.78 is 30.1. The first kappa shape index (κ1) is 22.0. The minimum atomic E-state index is -3.47. The number of amides is 1. The summed E-state index contributed by atoms with van der Waals surface area (Å²) >= 11 is 1.42. The molecule has 1 aromatic carbocycles. The molecule has 1 amide bonds. The molecule has 7 nitrogen and oxygen atoms in total. The van der Waals surface area contributed by atoms with Crippen molar-refractivity contribution in [3.8, 4) is 0 Å².